The molecule has 124 valence electrons. The van der Waals surface area contributed by atoms with E-state index < -0.39 is 0 Å². The van der Waals surface area contributed by atoms with E-state index in [2.05, 4.69) is 31.1 Å². The van der Waals surface area contributed by atoms with Crippen LogP contribution >= 0.6 is 0 Å². The van der Waals surface area contributed by atoms with Gasteiger partial charge in [-0.1, -0.05) is 46.5 Å². The smallest absolute Gasteiger partial charge is 0.218 e. The number of aromatic nitrogens is 2. The molecule has 1 heterocycles. The van der Waals surface area contributed by atoms with E-state index in [1.165, 1.54) is 32.1 Å². The van der Waals surface area contributed by atoms with Gasteiger partial charge in [-0.15, -0.1) is 0 Å². The van der Waals surface area contributed by atoms with Crippen molar-refractivity contribution in [2.45, 2.75) is 78.2 Å². The van der Waals surface area contributed by atoms with E-state index in [-0.39, 0.29) is 0 Å². The van der Waals surface area contributed by atoms with Crippen molar-refractivity contribution in [3.63, 3.8) is 0 Å². The second-order valence-corrected chi connectivity index (χ2v) is 6.79. The summed E-state index contributed by atoms with van der Waals surface area (Å²) < 4.78 is 5.81. The van der Waals surface area contributed by atoms with Gasteiger partial charge < -0.3 is 10.1 Å². The zero-order chi connectivity index (χ0) is 15.8. The van der Waals surface area contributed by atoms with E-state index in [1.807, 2.05) is 6.07 Å². The average Bonchev–Trinajstić information content (AvgIpc) is 2.47. The van der Waals surface area contributed by atoms with Gasteiger partial charge in [0.25, 0.3) is 0 Å². The molecule has 2 rings (SSSR count). The second kappa shape index (κ2) is 8.96. The Morgan fingerprint density at radius 2 is 2.00 bits per heavy atom. The Kier molecular flexibility index (Phi) is 6.94. The highest BCUT2D eigenvalue weighted by Crippen LogP contribution is 2.23. The van der Waals surface area contributed by atoms with E-state index in [0.29, 0.717) is 12.0 Å². The minimum atomic E-state index is 0.549. The average molecular weight is 305 g/mol. The third kappa shape index (κ3) is 5.82. The van der Waals surface area contributed by atoms with Crippen molar-refractivity contribution in [2.75, 3.05) is 11.9 Å². The van der Waals surface area contributed by atoms with Gasteiger partial charge in [-0.25, -0.2) is 4.98 Å². The molecule has 1 aromatic rings. The zero-order valence-corrected chi connectivity index (χ0v) is 14.4. The molecule has 0 unspecified atom stereocenters. The molecule has 1 saturated carbocycles. The van der Waals surface area contributed by atoms with Crippen LogP contribution in [0.3, 0.4) is 0 Å². The predicted molar refractivity (Wildman–Crippen MR) is 91.5 cm³/mol. The van der Waals surface area contributed by atoms with Crippen molar-refractivity contribution in [1.29, 1.82) is 0 Å². The van der Waals surface area contributed by atoms with E-state index in [0.717, 1.165) is 43.4 Å². The van der Waals surface area contributed by atoms with Crippen LogP contribution in [0.4, 0.5) is 5.82 Å². The Bertz CT molecular complexity index is 442. The number of rotatable bonds is 8. The van der Waals surface area contributed by atoms with Crippen LogP contribution in [-0.4, -0.2) is 22.6 Å². The number of ether oxygens (including phenoxy) is 1. The molecule has 4 heteroatoms. The molecule has 0 atom stereocenters. The van der Waals surface area contributed by atoms with Crippen LogP contribution < -0.4 is 10.1 Å². The summed E-state index contributed by atoms with van der Waals surface area (Å²) in [6.07, 6.45) is 9.59. The standard InChI is InChI=1S/C18H31N3O/c1-4-5-11-22-18-13-17(19-15-9-7-6-8-10-15)20-16(21-18)12-14(2)3/h13-15H,4-12H2,1-3H3,(H,19,20,21). The highest BCUT2D eigenvalue weighted by molar-refractivity contribution is 5.39. The fourth-order valence-corrected chi connectivity index (χ4v) is 2.85. The molecular weight excluding hydrogens is 274 g/mol. The first kappa shape index (κ1) is 17.0. The third-order valence-corrected chi connectivity index (χ3v) is 4.04. The largest absolute Gasteiger partial charge is 0.478 e. The Morgan fingerprint density at radius 1 is 1.23 bits per heavy atom. The topological polar surface area (TPSA) is 47.0 Å². The Labute approximate surface area is 135 Å². The predicted octanol–water partition coefficient (Wildman–Crippen LogP) is 4.60. The van der Waals surface area contributed by atoms with Crippen molar-refractivity contribution in [1.82, 2.24) is 9.97 Å². The Morgan fingerprint density at radius 3 is 2.68 bits per heavy atom. The molecule has 22 heavy (non-hydrogen) atoms. The van der Waals surface area contributed by atoms with Gasteiger partial charge in [0.1, 0.15) is 11.6 Å². The fraction of sp³-hybridized carbons (Fsp3) is 0.778. The lowest BCUT2D eigenvalue weighted by Crippen LogP contribution is -2.23. The molecule has 0 bridgehead atoms. The molecule has 0 radical (unpaired) electrons. The first-order chi connectivity index (χ1) is 10.7. The SMILES string of the molecule is CCCCOc1cc(NC2CCCCC2)nc(CC(C)C)n1. The van der Waals surface area contributed by atoms with E-state index in [4.69, 9.17) is 9.72 Å². The minimum absolute atomic E-state index is 0.549. The number of hydrogen-bond acceptors (Lipinski definition) is 4. The van der Waals surface area contributed by atoms with E-state index in [9.17, 15) is 0 Å². The normalized spacial score (nSPS) is 16.0. The molecule has 1 aromatic heterocycles. The van der Waals surface area contributed by atoms with Crippen molar-refractivity contribution in [3.8, 4) is 5.88 Å². The number of hydrogen-bond donors (Lipinski definition) is 1. The molecule has 0 amide bonds. The molecular formula is C18H31N3O. The van der Waals surface area contributed by atoms with Crippen LogP contribution in [0.2, 0.25) is 0 Å². The summed E-state index contributed by atoms with van der Waals surface area (Å²) in [5, 5.41) is 3.59. The lowest BCUT2D eigenvalue weighted by atomic mass is 9.95. The highest BCUT2D eigenvalue weighted by atomic mass is 16.5. The number of unbranched alkanes of at least 4 members (excludes halogenated alkanes) is 1. The van der Waals surface area contributed by atoms with Crippen molar-refractivity contribution in [2.24, 2.45) is 5.92 Å². The Hall–Kier alpha value is -1.32. The number of anilines is 1. The maximum atomic E-state index is 5.81. The van der Waals surface area contributed by atoms with Gasteiger partial charge in [-0.05, 0) is 25.2 Å². The molecule has 0 aromatic carbocycles. The molecule has 1 N–H and O–H groups in total. The minimum Gasteiger partial charge on any atom is -0.478 e. The van der Waals surface area contributed by atoms with Gasteiger partial charge in [-0.2, -0.15) is 4.98 Å². The molecule has 1 fully saturated rings. The fourth-order valence-electron chi connectivity index (χ4n) is 2.85. The molecule has 1 aliphatic carbocycles. The van der Waals surface area contributed by atoms with Crippen LogP contribution in [0.25, 0.3) is 0 Å². The number of nitrogens with one attached hydrogen (secondary N) is 1. The molecule has 0 spiro atoms. The number of nitrogens with zero attached hydrogens (tertiary/aromatic N) is 2. The molecule has 1 aliphatic rings. The summed E-state index contributed by atoms with van der Waals surface area (Å²) in [6, 6.07) is 2.52. The maximum absolute atomic E-state index is 5.81. The summed E-state index contributed by atoms with van der Waals surface area (Å²) in [5.74, 6) is 3.09. The van der Waals surface area contributed by atoms with Gasteiger partial charge >= 0.3 is 0 Å². The quantitative estimate of drug-likeness (QED) is 0.713. The second-order valence-electron chi connectivity index (χ2n) is 6.79. The Balaban J connectivity index is 2.06. The first-order valence-electron chi connectivity index (χ1n) is 8.94. The van der Waals surface area contributed by atoms with Gasteiger partial charge in [-0.3, -0.25) is 0 Å². The summed E-state index contributed by atoms with van der Waals surface area (Å²) in [4.78, 5) is 9.26. The van der Waals surface area contributed by atoms with Crippen LogP contribution in [0, 0.1) is 5.92 Å². The van der Waals surface area contributed by atoms with E-state index in [1.54, 1.807) is 0 Å². The van der Waals surface area contributed by atoms with Gasteiger partial charge in [0.2, 0.25) is 5.88 Å². The van der Waals surface area contributed by atoms with Crippen LogP contribution in [0.5, 0.6) is 5.88 Å². The van der Waals surface area contributed by atoms with Gasteiger partial charge in [0, 0.05) is 18.5 Å². The van der Waals surface area contributed by atoms with Crippen LogP contribution in [-0.2, 0) is 6.42 Å². The van der Waals surface area contributed by atoms with Crippen molar-refractivity contribution < 1.29 is 4.74 Å². The molecule has 0 aliphatic heterocycles. The summed E-state index contributed by atoms with van der Waals surface area (Å²) >= 11 is 0. The zero-order valence-electron chi connectivity index (χ0n) is 14.4. The summed E-state index contributed by atoms with van der Waals surface area (Å²) in [5.41, 5.74) is 0. The van der Waals surface area contributed by atoms with Crippen LogP contribution in [0.15, 0.2) is 6.07 Å². The molecule has 4 nitrogen and oxygen atoms in total. The maximum Gasteiger partial charge on any atom is 0.218 e. The van der Waals surface area contributed by atoms with Crippen molar-refractivity contribution >= 4 is 5.82 Å². The van der Waals surface area contributed by atoms with Gasteiger partial charge in [0.05, 0.1) is 6.61 Å². The third-order valence-electron chi connectivity index (χ3n) is 4.04. The lowest BCUT2D eigenvalue weighted by Gasteiger charge is -2.23. The van der Waals surface area contributed by atoms with Gasteiger partial charge in [0.15, 0.2) is 0 Å². The first-order valence-corrected chi connectivity index (χ1v) is 8.94. The summed E-state index contributed by atoms with van der Waals surface area (Å²) in [6.45, 7) is 7.30. The molecule has 0 saturated heterocycles. The highest BCUT2D eigenvalue weighted by Gasteiger charge is 2.15. The van der Waals surface area contributed by atoms with E-state index >= 15 is 0 Å². The monoisotopic (exact) mass is 305 g/mol. The van der Waals surface area contributed by atoms with Crippen molar-refractivity contribution in [3.05, 3.63) is 11.9 Å². The van der Waals surface area contributed by atoms with Crippen LogP contribution in [0.1, 0.15) is 71.5 Å². The lowest BCUT2D eigenvalue weighted by molar-refractivity contribution is 0.296. The summed E-state index contributed by atoms with van der Waals surface area (Å²) in [7, 11) is 0.